The summed E-state index contributed by atoms with van der Waals surface area (Å²) in [6, 6.07) is 22.9. The molecule has 31 heavy (non-hydrogen) atoms. The van der Waals surface area contributed by atoms with Crippen molar-refractivity contribution in [2.75, 3.05) is 30.5 Å². The van der Waals surface area contributed by atoms with Gasteiger partial charge in [0, 0.05) is 30.4 Å². The Kier molecular flexibility index (Phi) is 5.69. The number of hydrogen-bond donors (Lipinski definition) is 0. The molecule has 2 aliphatic heterocycles. The van der Waals surface area contributed by atoms with Crippen LogP contribution in [0.25, 0.3) is 10.8 Å². The van der Waals surface area contributed by atoms with Gasteiger partial charge in [0.2, 0.25) is 10.0 Å². The number of nitrogens with zero attached hydrogens (tertiary/aromatic N) is 2. The van der Waals surface area contributed by atoms with Crippen molar-refractivity contribution >= 4 is 26.5 Å². The fourth-order valence-electron chi connectivity index (χ4n) is 4.85. The monoisotopic (exact) mass is 436 g/mol. The zero-order valence-electron chi connectivity index (χ0n) is 17.6. The molecule has 0 unspecified atom stereocenters. The molecule has 2 heterocycles. The van der Waals surface area contributed by atoms with E-state index in [9.17, 15) is 8.42 Å². The average molecular weight is 437 g/mol. The lowest BCUT2D eigenvalue weighted by molar-refractivity contribution is 0.0988. The van der Waals surface area contributed by atoms with Gasteiger partial charge in [-0.25, -0.2) is 12.7 Å². The SMILES string of the molecule is O=S(=O)(CCc1cccc2ccccc12)N1CCC(N2COCc3ccccc32)CC1. The maximum absolute atomic E-state index is 13.1. The van der Waals surface area contributed by atoms with E-state index in [1.54, 1.807) is 4.31 Å². The molecule has 0 saturated carbocycles. The second kappa shape index (κ2) is 8.61. The number of ether oxygens (including phenoxy) is 1. The number of piperidine rings is 1. The molecule has 0 spiro atoms. The molecule has 5 rings (SSSR count). The van der Waals surface area contributed by atoms with Crippen molar-refractivity contribution in [3.63, 3.8) is 0 Å². The standard InChI is InChI=1S/C25H28N2O3S/c28-31(29,17-14-21-9-5-8-20-6-1-3-10-24(20)21)26-15-12-23(13-16-26)27-19-30-18-22-7-2-4-11-25(22)27/h1-11,23H,12-19H2. The molecule has 1 fully saturated rings. The van der Waals surface area contributed by atoms with Crippen LogP contribution in [0, 0.1) is 0 Å². The van der Waals surface area contributed by atoms with Gasteiger partial charge in [0.1, 0.15) is 6.73 Å². The minimum absolute atomic E-state index is 0.154. The van der Waals surface area contributed by atoms with Crippen LogP contribution >= 0.6 is 0 Å². The Labute approximate surface area is 184 Å². The summed E-state index contributed by atoms with van der Waals surface area (Å²) in [5.41, 5.74) is 3.53. The predicted octanol–water partition coefficient (Wildman–Crippen LogP) is 4.17. The molecular weight excluding hydrogens is 408 g/mol. The van der Waals surface area contributed by atoms with Crippen LogP contribution in [0.15, 0.2) is 66.7 Å². The summed E-state index contributed by atoms with van der Waals surface area (Å²) in [6.45, 7) is 2.37. The molecule has 0 atom stereocenters. The summed E-state index contributed by atoms with van der Waals surface area (Å²) in [4.78, 5) is 2.30. The summed E-state index contributed by atoms with van der Waals surface area (Å²) in [7, 11) is -3.28. The largest absolute Gasteiger partial charge is 0.356 e. The van der Waals surface area contributed by atoms with Gasteiger partial charge < -0.3 is 9.64 Å². The highest BCUT2D eigenvalue weighted by molar-refractivity contribution is 7.89. The Morgan fingerprint density at radius 1 is 0.903 bits per heavy atom. The Hall–Kier alpha value is -2.41. The van der Waals surface area contributed by atoms with Crippen molar-refractivity contribution in [3.05, 3.63) is 77.9 Å². The van der Waals surface area contributed by atoms with Gasteiger partial charge in [-0.1, -0.05) is 60.7 Å². The maximum atomic E-state index is 13.1. The molecule has 0 aromatic heterocycles. The molecule has 162 valence electrons. The molecule has 3 aromatic carbocycles. The maximum Gasteiger partial charge on any atom is 0.214 e. The van der Waals surface area contributed by atoms with Gasteiger partial charge in [0.15, 0.2) is 0 Å². The number of sulfonamides is 1. The Morgan fingerprint density at radius 3 is 2.52 bits per heavy atom. The lowest BCUT2D eigenvalue weighted by atomic mass is 10.0. The summed E-state index contributed by atoms with van der Waals surface area (Å²) < 4.78 is 33.6. The van der Waals surface area contributed by atoms with Gasteiger partial charge in [-0.05, 0) is 41.7 Å². The summed E-state index contributed by atoms with van der Waals surface area (Å²) in [5.74, 6) is 0.154. The summed E-state index contributed by atoms with van der Waals surface area (Å²) in [6.07, 6.45) is 2.19. The molecular formula is C25H28N2O3S. The Morgan fingerprint density at radius 2 is 1.65 bits per heavy atom. The van der Waals surface area contributed by atoms with Crippen molar-refractivity contribution < 1.29 is 13.2 Å². The molecule has 5 nitrogen and oxygen atoms in total. The van der Waals surface area contributed by atoms with E-state index < -0.39 is 10.0 Å². The van der Waals surface area contributed by atoms with Gasteiger partial charge in [-0.15, -0.1) is 0 Å². The first kappa shape index (κ1) is 20.5. The molecule has 0 aliphatic carbocycles. The van der Waals surface area contributed by atoms with E-state index in [1.807, 2.05) is 30.3 Å². The first-order valence-electron chi connectivity index (χ1n) is 11.0. The lowest BCUT2D eigenvalue weighted by Gasteiger charge is -2.41. The van der Waals surface area contributed by atoms with Crippen molar-refractivity contribution in [2.24, 2.45) is 0 Å². The molecule has 1 saturated heterocycles. The summed E-state index contributed by atoms with van der Waals surface area (Å²) in [5, 5.41) is 2.30. The molecule has 3 aromatic rings. The third-order valence-corrected chi connectivity index (χ3v) is 8.43. The highest BCUT2D eigenvalue weighted by Crippen LogP contribution is 2.31. The third-order valence-electron chi connectivity index (χ3n) is 6.56. The van der Waals surface area contributed by atoms with E-state index in [0.717, 1.165) is 29.2 Å². The van der Waals surface area contributed by atoms with Crippen LogP contribution < -0.4 is 4.90 Å². The predicted molar refractivity (Wildman–Crippen MR) is 125 cm³/mol. The second-order valence-electron chi connectivity index (χ2n) is 8.41. The van der Waals surface area contributed by atoms with E-state index >= 15 is 0 Å². The van der Waals surface area contributed by atoms with Gasteiger partial charge in [-0.3, -0.25) is 0 Å². The van der Waals surface area contributed by atoms with Crippen molar-refractivity contribution in [1.82, 2.24) is 4.31 Å². The van der Waals surface area contributed by atoms with E-state index in [1.165, 1.54) is 11.3 Å². The van der Waals surface area contributed by atoms with Crippen LogP contribution in [0.4, 0.5) is 5.69 Å². The zero-order valence-corrected chi connectivity index (χ0v) is 18.4. The number of para-hydroxylation sites is 1. The van der Waals surface area contributed by atoms with Gasteiger partial charge >= 0.3 is 0 Å². The van der Waals surface area contributed by atoms with Crippen LogP contribution in [0.1, 0.15) is 24.0 Å². The highest BCUT2D eigenvalue weighted by atomic mass is 32.2. The number of rotatable bonds is 5. The van der Waals surface area contributed by atoms with E-state index in [4.69, 9.17) is 4.74 Å². The topological polar surface area (TPSA) is 49.9 Å². The van der Waals surface area contributed by atoms with Crippen LogP contribution in [-0.4, -0.2) is 44.3 Å². The molecule has 6 heteroatoms. The van der Waals surface area contributed by atoms with Crippen LogP contribution in [0.3, 0.4) is 0 Å². The van der Waals surface area contributed by atoms with Gasteiger partial charge in [-0.2, -0.15) is 0 Å². The number of benzene rings is 3. The third kappa shape index (κ3) is 4.20. The Bertz CT molecular complexity index is 1160. The fraction of sp³-hybridized carbons (Fsp3) is 0.360. The first-order chi connectivity index (χ1) is 15.1. The number of fused-ring (bicyclic) bond motifs is 2. The van der Waals surface area contributed by atoms with E-state index in [-0.39, 0.29) is 5.75 Å². The summed E-state index contributed by atoms with van der Waals surface area (Å²) >= 11 is 0. The normalized spacial score (nSPS) is 18.3. The second-order valence-corrected chi connectivity index (χ2v) is 10.5. The van der Waals surface area contributed by atoms with Crippen LogP contribution in [0.2, 0.25) is 0 Å². The lowest BCUT2D eigenvalue weighted by Crippen LogP contribution is -2.49. The van der Waals surface area contributed by atoms with Crippen molar-refractivity contribution in [1.29, 1.82) is 0 Å². The van der Waals surface area contributed by atoms with Crippen molar-refractivity contribution in [3.8, 4) is 0 Å². The first-order valence-corrected chi connectivity index (χ1v) is 12.6. The Balaban J connectivity index is 1.23. The zero-order chi connectivity index (χ0) is 21.3. The van der Waals surface area contributed by atoms with E-state index in [2.05, 4.69) is 41.3 Å². The smallest absolute Gasteiger partial charge is 0.214 e. The number of anilines is 1. The van der Waals surface area contributed by atoms with Gasteiger partial charge in [0.25, 0.3) is 0 Å². The highest BCUT2D eigenvalue weighted by Gasteiger charge is 2.32. The molecule has 2 aliphatic rings. The minimum Gasteiger partial charge on any atom is -0.356 e. The quantitative estimate of drug-likeness (QED) is 0.602. The van der Waals surface area contributed by atoms with Crippen LogP contribution in [-0.2, 0) is 27.8 Å². The van der Waals surface area contributed by atoms with Crippen molar-refractivity contribution in [2.45, 2.75) is 31.9 Å². The minimum atomic E-state index is -3.28. The van der Waals surface area contributed by atoms with Crippen LogP contribution in [0.5, 0.6) is 0 Å². The van der Waals surface area contributed by atoms with E-state index in [0.29, 0.717) is 38.9 Å². The average Bonchev–Trinajstić information content (AvgIpc) is 2.82. The molecule has 0 radical (unpaired) electrons. The number of aryl methyl sites for hydroxylation is 1. The fourth-order valence-corrected chi connectivity index (χ4v) is 6.35. The van der Waals surface area contributed by atoms with Gasteiger partial charge in [0.05, 0.1) is 12.4 Å². The number of hydrogen-bond acceptors (Lipinski definition) is 4. The molecule has 0 amide bonds. The molecule has 0 bridgehead atoms. The molecule has 0 N–H and O–H groups in total.